The third kappa shape index (κ3) is 10.5. The fourth-order valence-electron chi connectivity index (χ4n) is 1.35. The number of nitrogens with zero attached hydrogens (tertiary/aromatic N) is 1. The molecule has 0 bridgehead atoms. The molecule has 4 heteroatoms. The molecule has 0 spiro atoms. The highest BCUT2D eigenvalue weighted by atomic mass is 35.5. The molecule has 0 unspecified atom stereocenters. The standard InChI is InChI=1S/C11H24ClNO2/c1-3-13(7-4-6-12)8-5-9-15-11-10-14-2/h3-11H2,1-2H3. The molecule has 0 aliphatic carbocycles. The maximum Gasteiger partial charge on any atom is 0.0700 e. The quantitative estimate of drug-likeness (QED) is 0.405. The molecule has 92 valence electrons. The SMILES string of the molecule is CCN(CCCCl)CCCOCCOC. The summed E-state index contributed by atoms with van der Waals surface area (Å²) >= 11 is 5.66. The van der Waals surface area contributed by atoms with Crippen molar-refractivity contribution >= 4 is 11.6 Å². The molecule has 0 aliphatic rings. The van der Waals surface area contributed by atoms with Crippen LogP contribution in [0.4, 0.5) is 0 Å². The normalized spacial score (nSPS) is 11.2. The third-order valence-electron chi connectivity index (χ3n) is 2.25. The molecule has 0 amide bonds. The van der Waals surface area contributed by atoms with Crippen LogP contribution in [0.5, 0.6) is 0 Å². The number of ether oxygens (including phenoxy) is 2. The number of alkyl halides is 1. The summed E-state index contributed by atoms with van der Waals surface area (Å²) in [5.74, 6) is 0.751. The summed E-state index contributed by atoms with van der Waals surface area (Å²) in [6, 6.07) is 0. The Morgan fingerprint density at radius 2 is 1.80 bits per heavy atom. The smallest absolute Gasteiger partial charge is 0.0700 e. The van der Waals surface area contributed by atoms with Crippen molar-refractivity contribution in [3.63, 3.8) is 0 Å². The minimum absolute atomic E-state index is 0.684. The van der Waals surface area contributed by atoms with E-state index < -0.39 is 0 Å². The Kier molecular flexibility index (Phi) is 12.4. The molecule has 0 aromatic carbocycles. The van der Waals surface area contributed by atoms with Gasteiger partial charge in [0.15, 0.2) is 0 Å². The van der Waals surface area contributed by atoms with Crippen molar-refractivity contribution in [3.8, 4) is 0 Å². The first-order valence-corrected chi connectivity index (χ1v) is 6.23. The number of rotatable bonds is 11. The van der Waals surface area contributed by atoms with Crippen LogP contribution in [0.2, 0.25) is 0 Å². The molecule has 0 heterocycles. The molecule has 0 saturated carbocycles. The minimum atomic E-state index is 0.684. The van der Waals surface area contributed by atoms with Crippen molar-refractivity contribution in [1.82, 2.24) is 4.90 Å². The maximum absolute atomic E-state index is 5.66. The van der Waals surface area contributed by atoms with Gasteiger partial charge in [-0.2, -0.15) is 0 Å². The second-order valence-corrected chi connectivity index (χ2v) is 3.81. The Labute approximate surface area is 98.7 Å². The molecule has 0 aliphatic heterocycles. The first-order chi connectivity index (χ1) is 7.35. The molecular formula is C11H24ClNO2. The Hall–Kier alpha value is 0.170. The van der Waals surface area contributed by atoms with E-state index in [1.807, 2.05) is 0 Å². The maximum atomic E-state index is 5.66. The number of hydrogen-bond acceptors (Lipinski definition) is 3. The highest BCUT2D eigenvalue weighted by molar-refractivity contribution is 6.17. The molecule has 0 radical (unpaired) electrons. The van der Waals surface area contributed by atoms with E-state index in [2.05, 4.69) is 11.8 Å². The van der Waals surface area contributed by atoms with Gasteiger partial charge in [-0.05, 0) is 25.9 Å². The van der Waals surface area contributed by atoms with Crippen molar-refractivity contribution in [1.29, 1.82) is 0 Å². The van der Waals surface area contributed by atoms with Crippen LogP contribution in [0.1, 0.15) is 19.8 Å². The lowest BCUT2D eigenvalue weighted by Gasteiger charge is -2.19. The zero-order valence-corrected chi connectivity index (χ0v) is 10.8. The number of hydrogen-bond donors (Lipinski definition) is 0. The zero-order chi connectivity index (χ0) is 11.4. The summed E-state index contributed by atoms with van der Waals surface area (Å²) in [6.45, 7) is 7.67. The zero-order valence-electron chi connectivity index (χ0n) is 10.0. The van der Waals surface area contributed by atoms with Crippen LogP contribution in [0.3, 0.4) is 0 Å². The molecule has 3 nitrogen and oxygen atoms in total. The van der Waals surface area contributed by atoms with Gasteiger partial charge in [-0.15, -0.1) is 11.6 Å². The van der Waals surface area contributed by atoms with E-state index in [4.69, 9.17) is 21.1 Å². The lowest BCUT2D eigenvalue weighted by molar-refractivity contribution is 0.0655. The summed E-state index contributed by atoms with van der Waals surface area (Å²) in [4.78, 5) is 2.40. The Bertz CT molecular complexity index is 125. The average Bonchev–Trinajstić information content (AvgIpc) is 2.27. The monoisotopic (exact) mass is 237 g/mol. The van der Waals surface area contributed by atoms with Gasteiger partial charge < -0.3 is 14.4 Å². The summed E-state index contributed by atoms with van der Waals surface area (Å²) in [7, 11) is 1.69. The second-order valence-electron chi connectivity index (χ2n) is 3.44. The molecule has 0 fully saturated rings. The topological polar surface area (TPSA) is 21.7 Å². The van der Waals surface area contributed by atoms with Crippen molar-refractivity contribution in [2.75, 3.05) is 52.4 Å². The van der Waals surface area contributed by atoms with E-state index in [1.165, 1.54) is 0 Å². The molecule has 0 aromatic heterocycles. The van der Waals surface area contributed by atoms with Crippen LogP contribution < -0.4 is 0 Å². The van der Waals surface area contributed by atoms with Gasteiger partial charge >= 0.3 is 0 Å². The Morgan fingerprint density at radius 1 is 1.07 bits per heavy atom. The lowest BCUT2D eigenvalue weighted by atomic mass is 10.3. The average molecular weight is 238 g/mol. The van der Waals surface area contributed by atoms with Gasteiger partial charge in [0.05, 0.1) is 13.2 Å². The van der Waals surface area contributed by atoms with Gasteiger partial charge in [-0.25, -0.2) is 0 Å². The van der Waals surface area contributed by atoms with E-state index in [-0.39, 0.29) is 0 Å². The Balaban J connectivity index is 3.22. The fraction of sp³-hybridized carbons (Fsp3) is 1.00. The van der Waals surface area contributed by atoms with Crippen LogP contribution >= 0.6 is 11.6 Å². The summed E-state index contributed by atoms with van der Waals surface area (Å²) < 4.78 is 10.3. The summed E-state index contributed by atoms with van der Waals surface area (Å²) in [5.41, 5.74) is 0. The highest BCUT2D eigenvalue weighted by Crippen LogP contribution is 1.95. The van der Waals surface area contributed by atoms with Crippen LogP contribution in [-0.4, -0.2) is 57.3 Å². The van der Waals surface area contributed by atoms with Gasteiger partial charge in [0.1, 0.15) is 0 Å². The lowest BCUT2D eigenvalue weighted by Crippen LogP contribution is -2.26. The molecule has 0 aromatic rings. The van der Waals surface area contributed by atoms with Gasteiger partial charge in [-0.3, -0.25) is 0 Å². The third-order valence-corrected chi connectivity index (χ3v) is 2.52. The Morgan fingerprint density at radius 3 is 2.40 bits per heavy atom. The molecule has 0 saturated heterocycles. The predicted octanol–water partition coefficient (Wildman–Crippen LogP) is 1.99. The van der Waals surface area contributed by atoms with Crippen LogP contribution in [0, 0.1) is 0 Å². The number of methoxy groups -OCH3 is 1. The van der Waals surface area contributed by atoms with Gasteiger partial charge in [0.25, 0.3) is 0 Å². The van der Waals surface area contributed by atoms with E-state index >= 15 is 0 Å². The van der Waals surface area contributed by atoms with Gasteiger partial charge in [-0.1, -0.05) is 6.92 Å². The van der Waals surface area contributed by atoms with E-state index in [1.54, 1.807) is 7.11 Å². The van der Waals surface area contributed by atoms with Crippen molar-refractivity contribution in [3.05, 3.63) is 0 Å². The molecule has 0 rings (SSSR count). The largest absolute Gasteiger partial charge is 0.382 e. The first-order valence-electron chi connectivity index (χ1n) is 5.70. The molecule has 0 atom stereocenters. The number of halogens is 1. The van der Waals surface area contributed by atoms with E-state index in [0.29, 0.717) is 13.2 Å². The van der Waals surface area contributed by atoms with Crippen molar-refractivity contribution < 1.29 is 9.47 Å². The van der Waals surface area contributed by atoms with E-state index in [0.717, 1.165) is 45.0 Å². The first kappa shape index (κ1) is 15.2. The summed E-state index contributed by atoms with van der Waals surface area (Å²) in [5, 5.41) is 0. The van der Waals surface area contributed by atoms with Crippen LogP contribution in [0.15, 0.2) is 0 Å². The summed E-state index contributed by atoms with van der Waals surface area (Å²) in [6.07, 6.45) is 2.15. The fourth-order valence-corrected chi connectivity index (χ4v) is 1.47. The predicted molar refractivity (Wildman–Crippen MR) is 64.8 cm³/mol. The second kappa shape index (κ2) is 12.2. The minimum Gasteiger partial charge on any atom is -0.382 e. The molecular weight excluding hydrogens is 214 g/mol. The van der Waals surface area contributed by atoms with Crippen molar-refractivity contribution in [2.24, 2.45) is 0 Å². The van der Waals surface area contributed by atoms with Crippen molar-refractivity contribution in [2.45, 2.75) is 19.8 Å². The van der Waals surface area contributed by atoms with Gasteiger partial charge in [0.2, 0.25) is 0 Å². The molecule has 0 N–H and O–H groups in total. The van der Waals surface area contributed by atoms with Gasteiger partial charge in [0, 0.05) is 26.1 Å². The van der Waals surface area contributed by atoms with E-state index in [9.17, 15) is 0 Å². The highest BCUT2D eigenvalue weighted by Gasteiger charge is 2.00. The van der Waals surface area contributed by atoms with Crippen LogP contribution in [-0.2, 0) is 9.47 Å². The molecule has 15 heavy (non-hydrogen) atoms. The van der Waals surface area contributed by atoms with Crippen LogP contribution in [0.25, 0.3) is 0 Å².